The van der Waals surface area contributed by atoms with Gasteiger partial charge in [-0.2, -0.15) is 4.68 Å². The Balaban J connectivity index is 2.52. The predicted molar refractivity (Wildman–Crippen MR) is 44.3 cm³/mol. The van der Waals surface area contributed by atoms with Crippen LogP contribution in [0.25, 0.3) is 0 Å². The van der Waals surface area contributed by atoms with Gasteiger partial charge in [0.15, 0.2) is 19.8 Å². The molecule has 0 aromatic carbocycles. The average Bonchev–Trinajstić information content (AvgIpc) is 2.37. The summed E-state index contributed by atoms with van der Waals surface area (Å²) >= 11 is 0. The first kappa shape index (κ1) is 8.77. The van der Waals surface area contributed by atoms with Crippen LogP contribution in [0.2, 0.25) is 0 Å². The molecule has 0 saturated heterocycles. The lowest BCUT2D eigenvalue weighted by Crippen LogP contribution is -2.41. The van der Waals surface area contributed by atoms with Crippen molar-refractivity contribution in [1.29, 1.82) is 0 Å². The molecule has 0 saturated carbocycles. The number of nitrogens with zero attached hydrogens (tertiary/aromatic N) is 2. The molecule has 1 N–H and O–H groups in total. The maximum Gasteiger partial charge on any atom is 0.245 e. The first-order valence-electron chi connectivity index (χ1n) is 4.01. The molecule has 0 fully saturated rings. The molecule has 1 aromatic rings. The van der Waals surface area contributed by atoms with Crippen molar-refractivity contribution < 1.29 is 9.48 Å². The van der Waals surface area contributed by atoms with E-state index in [2.05, 4.69) is 5.32 Å². The largest absolute Gasteiger partial charge is 0.355 e. The van der Waals surface area contributed by atoms with Gasteiger partial charge in [-0.25, -0.2) is 0 Å². The smallest absolute Gasteiger partial charge is 0.245 e. The standard InChI is InChI=1S/C8H13N3O/c1-3-9-8(12)7-11-6-4-5-10(11)2/h4-6H,3,7H2,1-2H3/p+1. The Hall–Kier alpha value is -1.32. The van der Waals surface area contributed by atoms with Gasteiger partial charge in [0.25, 0.3) is 0 Å². The van der Waals surface area contributed by atoms with E-state index in [9.17, 15) is 4.79 Å². The van der Waals surface area contributed by atoms with E-state index >= 15 is 0 Å². The molecule has 66 valence electrons. The van der Waals surface area contributed by atoms with E-state index in [0.29, 0.717) is 13.1 Å². The third-order valence-corrected chi connectivity index (χ3v) is 1.64. The van der Waals surface area contributed by atoms with E-state index in [-0.39, 0.29) is 5.91 Å². The van der Waals surface area contributed by atoms with Gasteiger partial charge in [0.1, 0.15) is 0 Å². The first-order valence-corrected chi connectivity index (χ1v) is 4.01. The molecule has 4 nitrogen and oxygen atoms in total. The van der Waals surface area contributed by atoms with Gasteiger partial charge in [-0.3, -0.25) is 4.79 Å². The maximum absolute atomic E-state index is 11.1. The second-order valence-corrected chi connectivity index (χ2v) is 2.62. The van der Waals surface area contributed by atoms with Crippen LogP contribution in [0.15, 0.2) is 18.5 Å². The van der Waals surface area contributed by atoms with Crippen LogP contribution in [0.3, 0.4) is 0 Å². The minimum absolute atomic E-state index is 0.0456. The summed E-state index contributed by atoms with van der Waals surface area (Å²) in [5, 5.41) is 2.74. The molecule has 0 aliphatic heterocycles. The molecule has 1 aromatic heterocycles. The summed E-state index contributed by atoms with van der Waals surface area (Å²) in [5.74, 6) is 0.0456. The van der Waals surface area contributed by atoms with Gasteiger partial charge in [0, 0.05) is 12.6 Å². The normalized spacial score (nSPS) is 9.83. The minimum atomic E-state index is 0.0456. The number of carbonyl (C=O) groups excluding carboxylic acids is 1. The van der Waals surface area contributed by atoms with E-state index in [4.69, 9.17) is 0 Å². The van der Waals surface area contributed by atoms with Crippen LogP contribution >= 0.6 is 0 Å². The molecule has 4 heteroatoms. The Kier molecular flexibility index (Phi) is 2.85. The molecule has 0 unspecified atom stereocenters. The summed E-state index contributed by atoms with van der Waals surface area (Å²) in [6, 6.07) is 1.90. The second kappa shape index (κ2) is 3.90. The van der Waals surface area contributed by atoms with Crippen molar-refractivity contribution >= 4 is 5.91 Å². The van der Waals surface area contributed by atoms with Crippen LogP contribution in [-0.2, 0) is 18.4 Å². The zero-order valence-corrected chi connectivity index (χ0v) is 7.45. The Bertz CT molecular complexity index is 267. The van der Waals surface area contributed by atoms with Gasteiger partial charge < -0.3 is 5.32 Å². The van der Waals surface area contributed by atoms with Gasteiger partial charge in [0.2, 0.25) is 5.91 Å². The molecule has 1 rings (SSSR count). The van der Waals surface area contributed by atoms with Gasteiger partial charge in [-0.1, -0.05) is 0 Å². The number of carbonyl (C=O) groups is 1. The highest BCUT2D eigenvalue weighted by molar-refractivity contribution is 5.75. The maximum atomic E-state index is 11.1. The van der Waals surface area contributed by atoms with Crippen molar-refractivity contribution in [3.8, 4) is 0 Å². The van der Waals surface area contributed by atoms with Gasteiger partial charge in [0.05, 0.1) is 6.20 Å². The number of likely N-dealkylation sites (N-methyl/N-ethyl adjacent to an activating group) is 1. The summed E-state index contributed by atoms with van der Waals surface area (Å²) in [4.78, 5) is 11.1. The summed E-state index contributed by atoms with van der Waals surface area (Å²) in [6.45, 7) is 2.98. The van der Waals surface area contributed by atoms with Crippen molar-refractivity contribution in [3.63, 3.8) is 0 Å². The van der Waals surface area contributed by atoms with Crippen LogP contribution in [0, 0.1) is 0 Å². The molecule has 0 aliphatic rings. The number of aromatic nitrogens is 2. The van der Waals surface area contributed by atoms with Crippen molar-refractivity contribution in [3.05, 3.63) is 18.5 Å². The fourth-order valence-electron chi connectivity index (χ4n) is 1.02. The van der Waals surface area contributed by atoms with E-state index in [1.54, 1.807) is 0 Å². The number of nitrogens with one attached hydrogen (secondary N) is 1. The van der Waals surface area contributed by atoms with Gasteiger partial charge in [-0.15, -0.1) is 4.68 Å². The van der Waals surface area contributed by atoms with Crippen LogP contribution in [0.1, 0.15) is 6.92 Å². The average molecular weight is 168 g/mol. The number of rotatable bonds is 3. The van der Waals surface area contributed by atoms with Crippen molar-refractivity contribution in [2.24, 2.45) is 7.05 Å². The van der Waals surface area contributed by atoms with E-state index in [0.717, 1.165) is 0 Å². The highest BCUT2D eigenvalue weighted by atomic mass is 16.2. The molecule has 0 spiro atoms. The topological polar surface area (TPSA) is 37.9 Å². The zero-order chi connectivity index (χ0) is 8.97. The van der Waals surface area contributed by atoms with Crippen molar-refractivity contribution in [1.82, 2.24) is 10.00 Å². The molecular weight excluding hydrogens is 154 g/mol. The first-order chi connectivity index (χ1) is 5.74. The van der Waals surface area contributed by atoms with Crippen LogP contribution in [0.4, 0.5) is 0 Å². The Morgan fingerprint density at radius 2 is 2.42 bits per heavy atom. The highest BCUT2D eigenvalue weighted by Crippen LogP contribution is 1.81. The lowest BCUT2D eigenvalue weighted by molar-refractivity contribution is -0.752. The summed E-state index contributed by atoms with van der Waals surface area (Å²) < 4.78 is 3.71. The quantitative estimate of drug-likeness (QED) is 0.604. The van der Waals surface area contributed by atoms with Crippen molar-refractivity contribution in [2.75, 3.05) is 6.54 Å². The van der Waals surface area contributed by atoms with Crippen LogP contribution < -0.4 is 10.00 Å². The molecule has 12 heavy (non-hydrogen) atoms. The molecule has 1 amide bonds. The minimum Gasteiger partial charge on any atom is -0.355 e. The molecule has 0 bridgehead atoms. The summed E-state index contributed by atoms with van der Waals surface area (Å²) in [6.07, 6.45) is 3.77. The summed E-state index contributed by atoms with van der Waals surface area (Å²) in [7, 11) is 1.90. The lowest BCUT2D eigenvalue weighted by Gasteiger charge is -2.00. The van der Waals surface area contributed by atoms with Gasteiger partial charge in [-0.05, 0) is 6.92 Å². The third-order valence-electron chi connectivity index (χ3n) is 1.64. The number of hydrogen-bond acceptors (Lipinski definition) is 1. The molecule has 0 radical (unpaired) electrons. The zero-order valence-electron chi connectivity index (χ0n) is 7.45. The molecule has 0 atom stereocenters. The SMILES string of the molecule is CCNC(=O)Cn1ccc[n+]1C. The molecular formula is C8H14N3O+. The number of amides is 1. The number of hydrogen-bond donors (Lipinski definition) is 1. The summed E-state index contributed by atoms with van der Waals surface area (Å²) in [5.41, 5.74) is 0. The second-order valence-electron chi connectivity index (χ2n) is 2.62. The van der Waals surface area contributed by atoms with Crippen LogP contribution in [-0.4, -0.2) is 17.1 Å². The fraction of sp³-hybridized carbons (Fsp3) is 0.500. The van der Waals surface area contributed by atoms with E-state index in [1.165, 1.54) is 0 Å². The number of aryl methyl sites for hydroxylation is 1. The Labute approximate surface area is 71.8 Å². The molecule has 1 heterocycles. The highest BCUT2D eigenvalue weighted by Gasteiger charge is 2.06. The van der Waals surface area contributed by atoms with E-state index < -0.39 is 0 Å². The molecule has 0 aliphatic carbocycles. The Morgan fingerprint density at radius 1 is 1.67 bits per heavy atom. The lowest BCUT2D eigenvalue weighted by atomic mass is 10.5. The van der Waals surface area contributed by atoms with Gasteiger partial charge >= 0.3 is 0 Å². The fourth-order valence-corrected chi connectivity index (χ4v) is 1.02. The van der Waals surface area contributed by atoms with Crippen LogP contribution in [0.5, 0.6) is 0 Å². The third kappa shape index (κ3) is 2.08. The predicted octanol–water partition coefficient (Wildman–Crippen LogP) is -0.551. The van der Waals surface area contributed by atoms with Crippen molar-refractivity contribution in [2.45, 2.75) is 13.5 Å². The van der Waals surface area contributed by atoms with E-state index in [1.807, 2.05) is 41.8 Å². The monoisotopic (exact) mass is 168 g/mol. The Morgan fingerprint density at radius 3 is 2.92 bits per heavy atom.